The summed E-state index contributed by atoms with van der Waals surface area (Å²) in [4.78, 5) is 34.9. The Kier molecular flexibility index (Phi) is 7.59. The summed E-state index contributed by atoms with van der Waals surface area (Å²) in [6.07, 6.45) is 5.26. The summed E-state index contributed by atoms with van der Waals surface area (Å²) in [5.41, 5.74) is 1.76. The molecule has 2 amide bonds. The zero-order chi connectivity index (χ0) is 29.0. The highest BCUT2D eigenvalue weighted by molar-refractivity contribution is 6.17. The van der Waals surface area contributed by atoms with Gasteiger partial charge in [0.1, 0.15) is 33.9 Å². The van der Waals surface area contributed by atoms with Gasteiger partial charge in [0.25, 0.3) is 0 Å². The molecule has 2 aromatic carbocycles. The molecule has 0 saturated heterocycles. The number of allylic oxidation sites excluding steroid dienone is 1. The molecule has 0 aliphatic heterocycles. The number of carbonyl (C=O) groups excluding carboxylic acids is 2. The quantitative estimate of drug-likeness (QED) is 0.157. The van der Waals surface area contributed by atoms with E-state index in [1.165, 1.54) is 37.6 Å². The third-order valence-electron chi connectivity index (χ3n) is 6.65. The predicted octanol–water partition coefficient (Wildman–Crippen LogP) is 5.14. The number of benzene rings is 2. The molecule has 0 spiro atoms. The van der Waals surface area contributed by atoms with Crippen molar-refractivity contribution in [1.29, 1.82) is 5.41 Å². The summed E-state index contributed by atoms with van der Waals surface area (Å²) in [5.74, 6) is 0.152. The number of pyridine rings is 2. The Morgan fingerprint density at radius 1 is 0.976 bits per heavy atom. The molecule has 2 aromatic heterocycles. The van der Waals surface area contributed by atoms with Crippen molar-refractivity contribution in [2.75, 3.05) is 24.8 Å². The van der Waals surface area contributed by atoms with Crippen molar-refractivity contribution in [1.82, 2.24) is 15.3 Å². The van der Waals surface area contributed by atoms with E-state index in [1.54, 1.807) is 55.8 Å². The van der Waals surface area contributed by atoms with E-state index in [4.69, 9.17) is 14.9 Å². The minimum Gasteiger partial charge on any atom is -0.494 e. The molecule has 2 heterocycles. The fraction of sp³-hybridized carbons (Fsp3) is 0.167. The Morgan fingerprint density at radius 3 is 2.17 bits per heavy atom. The summed E-state index contributed by atoms with van der Waals surface area (Å²) < 4.78 is 24.7. The maximum atomic E-state index is 13.2. The van der Waals surface area contributed by atoms with Crippen molar-refractivity contribution in [3.8, 4) is 17.2 Å². The number of aromatic nitrogens is 2. The Morgan fingerprint density at radius 2 is 1.61 bits per heavy atom. The maximum absolute atomic E-state index is 13.2. The number of fused-ring (bicyclic) bond motifs is 1. The van der Waals surface area contributed by atoms with Crippen LogP contribution in [0.5, 0.6) is 17.2 Å². The fourth-order valence-electron chi connectivity index (χ4n) is 4.26. The van der Waals surface area contributed by atoms with Crippen LogP contribution in [0, 0.1) is 16.6 Å². The average molecular weight is 555 g/mol. The minimum absolute atomic E-state index is 0.409. The molecule has 1 aliphatic carbocycles. The number of nitrogens with zero attached hydrogens (tertiary/aromatic N) is 2. The third kappa shape index (κ3) is 5.69. The smallest absolute Gasteiger partial charge is 0.240 e. The predicted molar refractivity (Wildman–Crippen MR) is 154 cm³/mol. The molecular formula is C30H27FN6O4. The zero-order valence-corrected chi connectivity index (χ0v) is 22.3. The van der Waals surface area contributed by atoms with Gasteiger partial charge in [-0.2, -0.15) is 0 Å². The Balaban J connectivity index is 1.31. The SMILES string of the molecule is CN/C=C(\C=N)c1nc2c(Oc3ccc(NC(=O)C4(C(=O)Nc5ccc(F)cc5)CC4)cc3)ccnc2cc1OC. The zero-order valence-electron chi connectivity index (χ0n) is 22.3. The second kappa shape index (κ2) is 11.4. The van der Waals surface area contributed by atoms with Gasteiger partial charge in [-0.25, -0.2) is 9.37 Å². The second-order valence-corrected chi connectivity index (χ2v) is 9.37. The van der Waals surface area contributed by atoms with E-state index in [1.807, 2.05) is 0 Å². The first-order chi connectivity index (χ1) is 19.9. The van der Waals surface area contributed by atoms with E-state index in [-0.39, 0.29) is 0 Å². The van der Waals surface area contributed by atoms with Gasteiger partial charge in [0, 0.05) is 54.7 Å². The van der Waals surface area contributed by atoms with Gasteiger partial charge in [-0.1, -0.05) is 0 Å². The van der Waals surface area contributed by atoms with Crippen LogP contribution in [0.4, 0.5) is 15.8 Å². The Labute approximate surface area is 235 Å². The van der Waals surface area contributed by atoms with E-state index in [9.17, 15) is 14.0 Å². The first-order valence-electron chi connectivity index (χ1n) is 12.8. The van der Waals surface area contributed by atoms with Crippen LogP contribution in [0.25, 0.3) is 16.6 Å². The van der Waals surface area contributed by atoms with Crippen molar-refractivity contribution in [2.45, 2.75) is 12.8 Å². The minimum atomic E-state index is -1.17. The molecule has 4 aromatic rings. The molecule has 41 heavy (non-hydrogen) atoms. The molecular weight excluding hydrogens is 527 g/mol. The Bertz CT molecular complexity index is 1650. The highest BCUT2D eigenvalue weighted by Crippen LogP contribution is 2.47. The van der Waals surface area contributed by atoms with Crippen molar-refractivity contribution in [2.24, 2.45) is 5.41 Å². The first kappa shape index (κ1) is 27.3. The van der Waals surface area contributed by atoms with Crippen LogP contribution in [0.1, 0.15) is 18.5 Å². The van der Waals surface area contributed by atoms with Gasteiger partial charge in [0.2, 0.25) is 11.8 Å². The highest BCUT2D eigenvalue weighted by atomic mass is 19.1. The maximum Gasteiger partial charge on any atom is 0.240 e. The van der Waals surface area contributed by atoms with Crippen LogP contribution in [0.2, 0.25) is 0 Å². The molecule has 11 heteroatoms. The van der Waals surface area contributed by atoms with Crippen molar-refractivity contribution >= 4 is 46.0 Å². The number of methoxy groups -OCH3 is 1. The lowest BCUT2D eigenvalue weighted by atomic mass is 10.0. The number of ether oxygens (including phenoxy) is 2. The summed E-state index contributed by atoms with van der Waals surface area (Å²) in [6.45, 7) is 0. The molecule has 5 rings (SSSR count). The largest absolute Gasteiger partial charge is 0.494 e. The van der Waals surface area contributed by atoms with E-state index >= 15 is 0 Å². The topological polar surface area (TPSA) is 138 Å². The van der Waals surface area contributed by atoms with Gasteiger partial charge in [-0.15, -0.1) is 0 Å². The van der Waals surface area contributed by atoms with E-state index in [2.05, 4.69) is 25.9 Å². The van der Waals surface area contributed by atoms with Crippen molar-refractivity contribution in [3.63, 3.8) is 0 Å². The number of hydrogen-bond donors (Lipinski definition) is 4. The van der Waals surface area contributed by atoms with Gasteiger partial charge in [0.15, 0.2) is 5.75 Å². The third-order valence-corrected chi connectivity index (χ3v) is 6.65. The number of hydrogen-bond acceptors (Lipinski definition) is 8. The fourth-order valence-corrected chi connectivity index (χ4v) is 4.26. The lowest BCUT2D eigenvalue weighted by molar-refractivity contribution is -0.131. The molecule has 0 atom stereocenters. The highest BCUT2D eigenvalue weighted by Gasteiger charge is 2.56. The van der Waals surface area contributed by atoms with Crippen LogP contribution in [0.15, 0.2) is 73.1 Å². The van der Waals surface area contributed by atoms with Crippen LogP contribution in [0.3, 0.4) is 0 Å². The standard InChI is InChI=1S/C30H27FN6O4/c1-33-17-18(16-32)26-25(40-2)15-23-27(37-26)24(11-14-34-23)41-22-9-7-21(8-10-22)36-29(39)30(12-13-30)28(38)35-20-5-3-19(31)4-6-20/h3-11,14-17,32-33H,12-13H2,1-2H3,(H,35,38)(H,36,39)/b18-17+,32-16?. The van der Waals surface area contributed by atoms with Gasteiger partial charge < -0.3 is 30.8 Å². The molecule has 0 bridgehead atoms. The van der Waals surface area contributed by atoms with Gasteiger partial charge >= 0.3 is 0 Å². The molecule has 208 valence electrons. The van der Waals surface area contributed by atoms with Gasteiger partial charge in [-0.05, 0) is 61.4 Å². The first-order valence-corrected chi connectivity index (χ1v) is 12.8. The molecule has 10 nitrogen and oxygen atoms in total. The van der Waals surface area contributed by atoms with Crippen molar-refractivity contribution < 1.29 is 23.5 Å². The number of halogens is 1. The second-order valence-electron chi connectivity index (χ2n) is 9.37. The monoisotopic (exact) mass is 554 g/mol. The number of rotatable bonds is 10. The molecule has 0 radical (unpaired) electrons. The number of nitrogens with one attached hydrogen (secondary N) is 4. The van der Waals surface area contributed by atoms with E-state index in [0.717, 1.165) is 0 Å². The molecule has 1 aliphatic rings. The van der Waals surface area contributed by atoms with E-state index < -0.39 is 23.0 Å². The number of anilines is 2. The molecule has 1 saturated carbocycles. The molecule has 0 unspecified atom stereocenters. The van der Waals surface area contributed by atoms with Crippen LogP contribution >= 0.6 is 0 Å². The normalized spacial score (nSPS) is 13.7. The summed E-state index contributed by atoms with van der Waals surface area (Å²) in [5, 5.41) is 16.2. The van der Waals surface area contributed by atoms with E-state index in [0.29, 0.717) is 63.8 Å². The molecule has 1 fully saturated rings. The number of carbonyl (C=O) groups is 2. The van der Waals surface area contributed by atoms with Gasteiger partial charge in [0.05, 0.1) is 12.6 Å². The lowest BCUT2D eigenvalue weighted by Gasteiger charge is -2.16. The number of amides is 2. The van der Waals surface area contributed by atoms with Crippen LogP contribution < -0.4 is 25.4 Å². The summed E-state index contributed by atoms with van der Waals surface area (Å²) >= 11 is 0. The van der Waals surface area contributed by atoms with Crippen molar-refractivity contribution in [3.05, 3.63) is 84.6 Å². The lowest BCUT2D eigenvalue weighted by Crippen LogP contribution is -2.35. The molecule has 4 N–H and O–H groups in total. The average Bonchev–Trinajstić information content (AvgIpc) is 3.80. The van der Waals surface area contributed by atoms with Gasteiger partial charge in [-0.3, -0.25) is 14.6 Å². The summed E-state index contributed by atoms with van der Waals surface area (Å²) in [6, 6.07) is 15.5. The Hall–Kier alpha value is -5.32. The van der Waals surface area contributed by atoms with Crippen LogP contribution in [-0.4, -0.2) is 42.2 Å². The summed E-state index contributed by atoms with van der Waals surface area (Å²) in [7, 11) is 3.25. The van der Waals surface area contributed by atoms with Crippen LogP contribution in [-0.2, 0) is 9.59 Å².